The summed E-state index contributed by atoms with van der Waals surface area (Å²) in [5.74, 6) is 0.240. The van der Waals surface area contributed by atoms with Gasteiger partial charge in [-0.1, -0.05) is 0 Å². The van der Waals surface area contributed by atoms with Crippen LogP contribution in [-0.4, -0.2) is 45.4 Å². The highest BCUT2D eigenvalue weighted by molar-refractivity contribution is 7.89. The lowest BCUT2D eigenvalue weighted by molar-refractivity contribution is -0.121. The average molecular weight is 300 g/mol. The number of carbonyl (C=O) groups is 1. The van der Waals surface area contributed by atoms with Crippen molar-refractivity contribution < 1.29 is 17.9 Å². The number of likely N-dealkylation sites (N-methyl/N-ethyl adjacent to an activating group) is 1. The first-order valence-corrected chi connectivity index (χ1v) is 7.61. The number of hydrogen-bond acceptors (Lipinski definition) is 4. The highest BCUT2D eigenvalue weighted by Gasteiger charge is 2.23. The first kappa shape index (κ1) is 16.5. The summed E-state index contributed by atoms with van der Waals surface area (Å²) in [7, 11) is -0.798. The summed E-state index contributed by atoms with van der Waals surface area (Å²) in [4.78, 5) is 11.7. The van der Waals surface area contributed by atoms with Crippen LogP contribution in [-0.2, 0) is 14.8 Å². The van der Waals surface area contributed by atoms with Crippen molar-refractivity contribution in [2.75, 3.05) is 20.7 Å². The predicted octanol–water partition coefficient (Wildman–Crippen LogP) is 0.840. The third kappa shape index (κ3) is 4.21. The van der Waals surface area contributed by atoms with Gasteiger partial charge in [-0.2, -0.15) is 4.31 Å². The van der Waals surface area contributed by atoms with Gasteiger partial charge in [0.05, 0.1) is 18.6 Å². The van der Waals surface area contributed by atoms with Gasteiger partial charge in [-0.05, 0) is 38.1 Å². The molecule has 1 amide bonds. The molecule has 1 rings (SSSR count). The Morgan fingerprint density at radius 1 is 1.30 bits per heavy atom. The van der Waals surface area contributed by atoms with Crippen molar-refractivity contribution in [3.63, 3.8) is 0 Å². The van der Waals surface area contributed by atoms with E-state index in [1.807, 2.05) is 13.8 Å². The minimum absolute atomic E-state index is 0.0282. The smallest absolute Gasteiger partial charge is 0.243 e. The molecule has 0 aliphatic carbocycles. The molecule has 0 saturated heterocycles. The number of amides is 1. The number of ether oxygens (including phenoxy) is 1. The number of carbonyl (C=O) groups excluding carboxylic acids is 1. The molecule has 0 spiro atoms. The Hall–Kier alpha value is -1.60. The molecule has 0 aliphatic heterocycles. The van der Waals surface area contributed by atoms with E-state index in [1.165, 1.54) is 26.3 Å². The second-order valence-corrected chi connectivity index (χ2v) is 6.70. The van der Waals surface area contributed by atoms with Gasteiger partial charge in [0.1, 0.15) is 5.75 Å². The minimum atomic E-state index is -3.68. The van der Waals surface area contributed by atoms with Crippen LogP contribution < -0.4 is 10.1 Å². The summed E-state index contributed by atoms with van der Waals surface area (Å²) in [6, 6.07) is 6.00. The van der Waals surface area contributed by atoms with Crippen LogP contribution in [0, 0.1) is 0 Å². The van der Waals surface area contributed by atoms with E-state index in [2.05, 4.69) is 5.32 Å². The van der Waals surface area contributed by atoms with Crippen LogP contribution in [0.1, 0.15) is 13.8 Å². The van der Waals surface area contributed by atoms with Gasteiger partial charge in [-0.15, -0.1) is 0 Å². The Morgan fingerprint density at radius 2 is 1.85 bits per heavy atom. The van der Waals surface area contributed by atoms with Crippen molar-refractivity contribution >= 4 is 15.9 Å². The first-order valence-electron chi connectivity index (χ1n) is 6.17. The molecule has 7 heteroatoms. The molecule has 0 aromatic heterocycles. The first-order chi connectivity index (χ1) is 9.27. The highest BCUT2D eigenvalue weighted by atomic mass is 32.2. The average Bonchev–Trinajstić information content (AvgIpc) is 2.37. The van der Waals surface area contributed by atoms with Gasteiger partial charge in [0.15, 0.2) is 0 Å². The standard InChI is InChI=1S/C13H20N2O4S/c1-10(2)14-13(16)9-15(3)20(17,18)12-7-5-11(19-4)6-8-12/h5-8,10H,9H2,1-4H3,(H,14,16). The Kier molecular flexibility index (Phi) is 5.52. The molecule has 1 N–H and O–H groups in total. The molecule has 0 heterocycles. The summed E-state index contributed by atoms with van der Waals surface area (Å²) in [5, 5.41) is 2.65. The van der Waals surface area contributed by atoms with E-state index in [0.29, 0.717) is 5.75 Å². The molecule has 0 saturated carbocycles. The van der Waals surface area contributed by atoms with Crippen LogP contribution in [0.25, 0.3) is 0 Å². The fourth-order valence-corrected chi connectivity index (χ4v) is 2.71. The van der Waals surface area contributed by atoms with Crippen LogP contribution in [0.15, 0.2) is 29.2 Å². The van der Waals surface area contributed by atoms with E-state index in [4.69, 9.17) is 4.74 Å². The van der Waals surface area contributed by atoms with E-state index >= 15 is 0 Å². The second-order valence-electron chi connectivity index (χ2n) is 4.66. The third-order valence-corrected chi connectivity index (χ3v) is 4.40. The number of hydrogen-bond donors (Lipinski definition) is 1. The van der Waals surface area contributed by atoms with E-state index in [0.717, 1.165) is 4.31 Å². The van der Waals surface area contributed by atoms with Gasteiger partial charge >= 0.3 is 0 Å². The molecule has 20 heavy (non-hydrogen) atoms. The quantitative estimate of drug-likeness (QED) is 0.844. The molecule has 112 valence electrons. The Balaban J connectivity index is 2.83. The molecule has 1 aromatic rings. The largest absolute Gasteiger partial charge is 0.497 e. The molecule has 6 nitrogen and oxygen atoms in total. The Morgan fingerprint density at radius 3 is 2.30 bits per heavy atom. The number of methoxy groups -OCH3 is 1. The highest BCUT2D eigenvalue weighted by Crippen LogP contribution is 2.18. The van der Waals surface area contributed by atoms with Crippen molar-refractivity contribution in [3.05, 3.63) is 24.3 Å². The van der Waals surface area contributed by atoms with Gasteiger partial charge in [-0.25, -0.2) is 8.42 Å². The van der Waals surface area contributed by atoms with E-state index in [1.54, 1.807) is 12.1 Å². The molecular formula is C13H20N2O4S. The lowest BCUT2D eigenvalue weighted by Crippen LogP contribution is -2.40. The molecule has 0 fully saturated rings. The van der Waals surface area contributed by atoms with Gasteiger partial charge in [-0.3, -0.25) is 4.79 Å². The zero-order valence-electron chi connectivity index (χ0n) is 12.1. The van der Waals surface area contributed by atoms with Crippen LogP contribution >= 0.6 is 0 Å². The number of sulfonamides is 1. The number of benzene rings is 1. The summed E-state index contributed by atoms with van der Waals surface area (Å²) in [5.41, 5.74) is 0. The van der Waals surface area contributed by atoms with Gasteiger partial charge in [0.25, 0.3) is 0 Å². The van der Waals surface area contributed by atoms with Gasteiger partial charge in [0.2, 0.25) is 15.9 Å². The maximum Gasteiger partial charge on any atom is 0.243 e. The number of nitrogens with one attached hydrogen (secondary N) is 1. The summed E-state index contributed by atoms with van der Waals surface area (Å²) < 4.78 is 30.5. The maximum atomic E-state index is 12.3. The van der Waals surface area contributed by atoms with Crippen LogP contribution in [0.2, 0.25) is 0 Å². The number of nitrogens with zero attached hydrogens (tertiary/aromatic N) is 1. The van der Waals surface area contributed by atoms with Crippen molar-refractivity contribution in [2.24, 2.45) is 0 Å². The number of rotatable bonds is 6. The Bertz CT molecular complexity index is 552. The monoisotopic (exact) mass is 300 g/mol. The van der Waals surface area contributed by atoms with Crippen LogP contribution in [0.5, 0.6) is 5.75 Å². The minimum Gasteiger partial charge on any atom is -0.497 e. The zero-order valence-corrected chi connectivity index (χ0v) is 12.9. The van der Waals surface area contributed by atoms with Gasteiger partial charge in [0, 0.05) is 13.1 Å². The van der Waals surface area contributed by atoms with Crippen LogP contribution in [0.4, 0.5) is 0 Å². The lowest BCUT2D eigenvalue weighted by Gasteiger charge is -2.18. The fraction of sp³-hybridized carbons (Fsp3) is 0.462. The normalized spacial score (nSPS) is 11.7. The zero-order chi connectivity index (χ0) is 15.3. The van der Waals surface area contributed by atoms with E-state index in [-0.39, 0.29) is 23.4 Å². The van der Waals surface area contributed by atoms with Gasteiger partial charge < -0.3 is 10.1 Å². The second kappa shape index (κ2) is 6.71. The topological polar surface area (TPSA) is 75.7 Å². The van der Waals surface area contributed by atoms with Crippen molar-refractivity contribution in [1.29, 1.82) is 0 Å². The third-order valence-electron chi connectivity index (χ3n) is 2.58. The lowest BCUT2D eigenvalue weighted by atomic mass is 10.3. The fourth-order valence-electron chi connectivity index (χ4n) is 1.58. The Labute approximate surface area is 119 Å². The van der Waals surface area contributed by atoms with Crippen LogP contribution in [0.3, 0.4) is 0 Å². The summed E-state index contributed by atoms with van der Waals surface area (Å²) >= 11 is 0. The summed E-state index contributed by atoms with van der Waals surface area (Å²) in [6.45, 7) is 3.41. The maximum absolute atomic E-state index is 12.3. The molecule has 0 atom stereocenters. The SMILES string of the molecule is COc1ccc(S(=O)(=O)N(C)CC(=O)NC(C)C)cc1. The molecule has 0 radical (unpaired) electrons. The molecule has 0 unspecified atom stereocenters. The van der Waals surface area contributed by atoms with Crippen molar-refractivity contribution in [2.45, 2.75) is 24.8 Å². The van der Waals surface area contributed by atoms with E-state index in [9.17, 15) is 13.2 Å². The predicted molar refractivity (Wildman–Crippen MR) is 76.1 cm³/mol. The van der Waals surface area contributed by atoms with E-state index < -0.39 is 10.0 Å². The molecule has 0 bridgehead atoms. The molecular weight excluding hydrogens is 280 g/mol. The van der Waals surface area contributed by atoms with Crippen molar-refractivity contribution in [3.8, 4) is 5.75 Å². The van der Waals surface area contributed by atoms with Crippen molar-refractivity contribution in [1.82, 2.24) is 9.62 Å². The molecule has 1 aromatic carbocycles. The molecule has 0 aliphatic rings. The summed E-state index contributed by atoms with van der Waals surface area (Å²) in [6.07, 6.45) is 0.